The number of carbonyl (C=O) groups is 1. The molecule has 1 unspecified atom stereocenters. The van der Waals surface area contributed by atoms with E-state index in [1.165, 1.54) is 16.7 Å². The molecule has 0 amide bonds. The average molecular weight is 224 g/mol. The fourth-order valence-corrected chi connectivity index (χ4v) is 1.95. The molecule has 17 heavy (non-hydrogen) atoms. The van der Waals surface area contributed by atoms with E-state index in [4.69, 9.17) is 0 Å². The Morgan fingerprint density at radius 2 is 1.71 bits per heavy atom. The van der Waals surface area contributed by atoms with Gasteiger partial charge in [-0.15, -0.1) is 0 Å². The second-order valence-corrected chi connectivity index (χ2v) is 4.42. The van der Waals surface area contributed by atoms with Crippen LogP contribution >= 0.6 is 0 Å². The first-order valence-corrected chi connectivity index (χ1v) is 5.82. The zero-order chi connectivity index (χ0) is 12.3. The molecule has 2 aromatic carbocycles. The summed E-state index contributed by atoms with van der Waals surface area (Å²) in [7, 11) is 0. The summed E-state index contributed by atoms with van der Waals surface area (Å²) in [5.74, 6) is 0.315. The molecule has 0 aromatic heterocycles. The highest BCUT2D eigenvalue weighted by molar-refractivity contribution is 5.75. The van der Waals surface area contributed by atoms with Crippen molar-refractivity contribution in [1.82, 2.24) is 0 Å². The lowest BCUT2D eigenvalue weighted by molar-refractivity contribution is 0.112. The van der Waals surface area contributed by atoms with Gasteiger partial charge in [-0.1, -0.05) is 55.0 Å². The first-order valence-electron chi connectivity index (χ1n) is 5.82. The quantitative estimate of drug-likeness (QED) is 0.721. The predicted molar refractivity (Wildman–Crippen MR) is 70.5 cm³/mol. The number of aryl methyl sites for hydroxylation is 1. The van der Waals surface area contributed by atoms with E-state index in [2.05, 4.69) is 44.2 Å². The second-order valence-electron chi connectivity index (χ2n) is 4.42. The van der Waals surface area contributed by atoms with E-state index >= 15 is 0 Å². The normalized spacial score (nSPS) is 12.1. The first kappa shape index (κ1) is 11.6. The van der Waals surface area contributed by atoms with Crippen molar-refractivity contribution in [2.45, 2.75) is 19.8 Å². The van der Waals surface area contributed by atoms with Crippen molar-refractivity contribution in [2.24, 2.45) is 0 Å². The maximum atomic E-state index is 10.8. The van der Waals surface area contributed by atoms with Crippen LogP contribution in [0.3, 0.4) is 0 Å². The van der Waals surface area contributed by atoms with Gasteiger partial charge >= 0.3 is 0 Å². The summed E-state index contributed by atoms with van der Waals surface area (Å²) < 4.78 is 0. The Morgan fingerprint density at radius 3 is 2.35 bits per heavy atom. The van der Waals surface area contributed by atoms with Crippen molar-refractivity contribution in [2.75, 3.05) is 0 Å². The number of carbonyl (C=O) groups excluding carboxylic acids is 1. The Morgan fingerprint density at radius 1 is 1.00 bits per heavy atom. The minimum absolute atomic E-state index is 0.315. The summed E-state index contributed by atoms with van der Waals surface area (Å²) in [5, 5.41) is 0. The SMILES string of the molecule is Cc1ccc(C(C)c2cccc(C=O)c2)cc1. The van der Waals surface area contributed by atoms with Crippen LogP contribution in [0.2, 0.25) is 0 Å². The molecule has 0 N–H and O–H groups in total. The molecule has 0 saturated heterocycles. The molecule has 2 rings (SSSR count). The monoisotopic (exact) mass is 224 g/mol. The van der Waals surface area contributed by atoms with Crippen LogP contribution in [-0.2, 0) is 0 Å². The average Bonchev–Trinajstić information content (AvgIpc) is 2.39. The topological polar surface area (TPSA) is 17.1 Å². The lowest BCUT2D eigenvalue weighted by Crippen LogP contribution is -1.97. The maximum absolute atomic E-state index is 10.8. The van der Waals surface area contributed by atoms with E-state index in [9.17, 15) is 4.79 Å². The molecule has 0 saturated carbocycles. The van der Waals surface area contributed by atoms with Gasteiger partial charge in [0.1, 0.15) is 6.29 Å². The third-order valence-electron chi connectivity index (χ3n) is 3.12. The maximum Gasteiger partial charge on any atom is 0.150 e. The summed E-state index contributed by atoms with van der Waals surface area (Å²) in [6.07, 6.45) is 0.894. The smallest absolute Gasteiger partial charge is 0.150 e. The van der Waals surface area contributed by atoms with Gasteiger partial charge in [-0.25, -0.2) is 0 Å². The molecule has 0 radical (unpaired) electrons. The molecule has 0 heterocycles. The van der Waals surface area contributed by atoms with E-state index in [1.54, 1.807) is 0 Å². The van der Waals surface area contributed by atoms with Crippen molar-refractivity contribution < 1.29 is 4.79 Å². The van der Waals surface area contributed by atoms with Gasteiger partial charge in [-0.05, 0) is 24.1 Å². The number of aldehydes is 1. The molecule has 2 aromatic rings. The van der Waals surface area contributed by atoms with Gasteiger partial charge in [-0.3, -0.25) is 4.79 Å². The second kappa shape index (κ2) is 4.96. The molecular weight excluding hydrogens is 208 g/mol. The molecular formula is C16H16O. The van der Waals surface area contributed by atoms with Crippen molar-refractivity contribution >= 4 is 6.29 Å². The van der Waals surface area contributed by atoms with Crippen LogP contribution in [0.5, 0.6) is 0 Å². The van der Waals surface area contributed by atoms with Crippen LogP contribution < -0.4 is 0 Å². The van der Waals surface area contributed by atoms with Gasteiger partial charge < -0.3 is 0 Å². The lowest BCUT2D eigenvalue weighted by atomic mass is 9.92. The van der Waals surface area contributed by atoms with Gasteiger partial charge in [0.15, 0.2) is 0 Å². The number of benzene rings is 2. The molecule has 0 fully saturated rings. The Balaban J connectivity index is 2.32. The van der Waals surface area contributed by atoms with Crippen molar-refractivity contribution in [3.63, 3.8) is 0 Å². The van der Waals surface area contributed by atoms with Crippen molar-refractivity contribution in [3.8, 4) is 0 Å². The van der Waals surface area contributed by atoms with Crippen LogP contribution in [0.1, 0.15) is 39.9 Å². The van der Waals surface area contributed by atoms with Gasteiger partial charge in [0.2, 0.25) is 0 Å². The summed E-state index contributed by atoms with van der Waals surface area (Å²) in [6.45, 7) is 4.25. The summed E-state index contributed by atoms with van der Waals surface area (Å²) in [5.41, 5.74) is 4.46. The van der Waals surface area contributed by atoms with E-state index < -0.39 is 0 Å². The van der Waals surface area contributed by atoms with Crippen molar-refractivity contribution in [1.29, 1.82) is 0 Å². The molecule has 0 bridgehead atoms. The minimum Gasteiger partial charge on any atom is -0.298 e. The van der Waals surface area contributed by atoms with Crippen LogP contribution in [0.4, 0.5) is 0 Å². The van der Waals surface area contributed by atoms with E-state index in [0.29, 0.717) is 5.92 Å². The zero-order valence-corrected chi connectivity index (χ0v) is 10.2. The lowest BCUT2D eigenvalue weighted by Gasteiger charge is -2.13. The van der Waals surface area contributed by atoms with Gasteiger partial charge in [0.25, 0.3) is 0 Å². The first-order chi connectivity index (χ1) is 8.20. The molecule has 0 aliphatic heterocycles. The van der Waals surface area contributed by atoms with Crippen LogP contribution in [0.15, 0.2) is 48.5 Å². The molecule has 86 valence electrons. The molecule has 0 aliphatic rings. The molecule has 0 aliphatic carbocycles. The fraction of sp³-hybridized carbons (Fsp3) is 0.188. The van der Waals surface area contributed by atoms with Crippen LogP contribution in [0.25, 0.3) is 0 Å². The summed E-state index contributed by atoms with van der Waals surface area (Å²) in [6, 6.07) is 16.3. The largest absolute Gasteiger partial charge is 0.298 e. The minimum atomic E-state index is 0.315. The third kappa shape index (κ3) is 2.62. The highest BCUT2D eigenvalue weighted by Gasteiger charge is 2.08. The highest BCUT2D eigenvalue weighted by atomic mass is 16.1. The van der Waals surface area contributed by atoms with Crippen LogP contribution in [0, 0.1) is 6.92 Å². The van der Waals surface area contributed by atoms with Crippen molar-refractivity contribution in [3.05, 3.63) is 70.8 Å². The Kier molecular flexibility index (Phi) is 3.38. The molecule has 0 spiro atoms. The number of hydrogen-bond donors (Lipinski definition) is 0. The van der Waals surface area contributed by atoms with Gasteiger partial charge in [0, 0.05) is 11.5 Å². The molecule has 1 heteroatoms. The highest BCUT2D eigenvalue weighted by Crippen LogP contribution is 2.24. The molecule has 1 nitrogen and oxygen atoms in total. The number of hydrogen-bond acceptors (Lipinski definition) is 1. The van der Waals surface area contributed by atoms with Gasteiger partial charge in [0.05, 0.1) is 0 Å². The molecule has 1 atom stereocenters. The van der Waals surface area contributed by atoms with E-state index in [0.717, 1.165) is 11.8 Å². The van der Waals surface area contributed by atoms with E-state index in [-0.39, 0.29) is 0 Å². The van der Waals surface area contributed by atoms with Gasteiger partial charge in [-0.2, -0.15) is 0 Å². The number of rotatable bonds is 3. The van der Waals surface area contributed by atoms with Crippen LogP contribution in [-0.4, -0.2) is 6.29 Å². The standard InChI is InChI=1S/C16H16O/c1-12-6-8-15(9-7-12)13(2)16-5-3-4-14(10-16)11-17/h3-11,13H,1-2H3. The Hall–Kier alpha value is -1.89. The van der Waals surface area contributed by atoms with E-state index in [1.807, 2.05) is 18.2 Å². The summed E-state index contributed by atoms with van der Waals surface area (Å²) >= 11 is 0. The predicted octanol–water partition coefficient (Wildman–Crippen LogP) is 3.96. The Bertz CT molecular complexity index is 511. The third-order valence-corrected chi connectivity index (χ3v) is 3.12. The Labute approximate surface area is 102 Å². The fourth-order valence-electron chi connectivity index (χ4n) is 1.95. The zero-order valence-electron chi connectivity index (χ0n) is 10.2. The summed E-state index contributed by atoms with van der Waals surface area (Å²) in [4.78, 5) is 10.8.